The standard InChI is InChI=1S/C16H20BrNO3/c1-15(2)12(8-9-16(15,3)14(20)21)13(19)18-11-6-4-10(17)5-7-11/h4-7,12H,8-9H2,1-3H3,(H,18,19)(H,20,21)/p-1/t12-,16+/m1/s1. The number of carbonyl (C=O) groups is 2. The third-order valence-electron chi connectivity index (χ3n) is 5.11. The lowest BCUT2D eigenvalue weighted by molar-refractivity contribution is -0.323. The maximum absolute atomic E-state index is 12.5. The normalized spacial score (nSPS) is 27.3. The highest BCUT2D eigenvalue weighted by Gasteiger charge is 2.54. The fourth-order valence-electron chi connectivity index (χ4n) is 3.09. The molecular weight excluding hydrogens is 334 g/mol. The summed E-state index contributed by atoms with van der Waals surface area (Å²) >= 11 is 3.34. The van der Waals surface area contributed by atoms with Crippen molar-refractivity contribution in [1.82, 2.24) is 0 Å². The van der Waals surface area contributed by atoms with E-state index in [2.05, 4.69) is 21.2 Å². The summed E-state index contributed by atoms with van der Waals surface area (Å²) in [5.74, 6) is -1.55. The average molecular weight is 353 g/mol. The van der Waals surface area contributed by atoms with Gasteiger partial charge in [-0.05, 0) is 42.5 Å². The molecule has 0 bridgehead atoms. The Bertz CT molecular complexity index is 567. The van der Waals surface area contributed by atoms with Crippen molar-refractivity contribution >= 4 is 33.5 Å². The fraction of sp³-hybridized carbons (Fsp3) is 0.500. The number of hydrogen-bond acceptors (Lipinski definition) is 3. The maximum atomic E-state index is 12.5. The van der Waals surface area contributed by atoms with Crippen LogP contribution in [0.4, 0.5) is 5.69 Å². The van der Waals surface area contributed by atoms with Crippen LogP contribution >= 0.6 is 15.9 Å². The van der Waals surface area contributed by atoms with Gasteiger partial charge in [-0.15, -0.1) is 0 Å². The van der Waals surface area contributed by atoms with Crippen LogP contribution in [0, 0.1) is 16.7 Å². The Morgan fingerprint density at radius 1 is 1.24 bits per heavy atom. The first kappa shape index (κ1) is 16.0. The number of nitrogens with one attached hydrogen (secondary N) is 1. The molecule has 2 rings (SSSR count). The quantitative estimate of drug-likeness (QED) is 0.908. The Morgan fingerprint density at radius 3 is 2.29 bits per heavy atom. The highest BCUT2D eigenvalue weighted by molar-refractivity contribution is 9.10. The molecule has 2 atom stereocenters. The van der Waals surface area contributed by atoms with E-state index in [0.29, 0.717) is 18.5 Å². The van der Waals surface area contributed by atoms with Crippen LogP contribution in [-0.2, 0) is 9.59 Å². The van der Waals surface area contributed by atoms with E-state index in [1.54, 1.807) is 6.92 Å². The van der Waals surface area contributed by atoms with Crippen LogP contribution in [0.2, 0.25) is 0 Å². The number of carboxylic acid groups (broad SMARTS) is 1. The van der Waals surface area contributed by atoms with Crippen LogP contribution < -0.4 is 10.4 Å². The molecule has 0 unspecified atom stereocenters. The molecule has 0 heterocycles. The topological polar surface area (TPSA) is 69.2 Å². The predicted octanol–water partition coefficient (Wildman–Crippen LogP) is 2.58. The van der Waals surface area contributed by atoms with Crippen molar-refractivity contribution in [2.45, 2.75) is 33.6 Å². The summed E-state index contributed by atoms with van der Waals surface area (Å²) in [6, 6.07) is 7.31. The number of hydrogen-bond donors (Lipinski definition) is 1. The van der Waals surface area contributed by atoms with Crippen molar-refractivity contribution in [2.24, 2.45) is 16.7 Å². The summed E-state index contributed by atoms with van der Waals surface area (Å²) in [6.07, 6.45) is 1.01. The van der Waals surface area contributed by atoms with Gasteiger partial charge in [0.25, 0.3) is 0 Å². The van der Waals surface area contributed by atoms with Gasteiger partial charge in [0.2, 0.25) is 5.91 Å². The van der Waals surface area contributed by atoms with Crippen LogP contribution in [0.1, 0.15) is 33.6 Å². The molecule has 1 aromatic carbocycles. The molecule has 0 aromatic heterocycles. The molecule has 21 heavy (non-hydrogen) atoms. The number of carbonyl (C=O) groups excluding carboxylic acids is 2. The molecule has 0 saturated heterocycles. The molecule has 0 aliphatic heterocycles. The van der Waals surface area contributed by atoms with Crippen molar-refractivity contribution < 1.29 is 14.7 Å². The van der Waals surface area contributed by atoms with Gasteiger partial charge < -0.3 is 15.2 Å². The Balaban J connectivity index is 2.17. The van der Waals surface area contributed by atoms with Crippen LogP contribution in [-0.4, -0.2) is 11.9 Å². The van der Waals surface area contributed by atoms with Gasteiger partial charge in [0.05, 0.1) is 0 Å². The molecule has 5 heteroatoms. The smallest absolute Gasteiger partial charge is 0.228 e. The van der Waals surface area contributed by atoms with Gasteiger partial charge in [0, 0.05) is 27.5 Å². The van der Waals surface area contributed by atoms with Crippen molar-refractivity contribution in [2.75, 3.05) is 5.32 Å². The van der Waals surface area contributed by atoms with E-state index < -0.39 is 16.8 Å². The number of aliphatic carboxylic acids is 1. The first-order chi connectivity index (χ1) is 9.68. The van der Waals surface area contributed by atoms with E-state index in [1.807, 2.05) is 38.1 Å². The molecule has 114 valence electrons. The van der Waals surface area contributed by atoms with E-state index in [4.69, 9.17) is 0 Å². The summed E-state index contributed by atoms with van der Waals surface area (Å²) in [5, 5.41) is 14.3. The monoisotopic (exact) mass is 352 g/mol. The van der Waals surface area contributed by atoms with Crippen LogP contribution in [0.5, 0.6) is 0 Å². The molecule has 1 aromatic rings. The van der Waals surface area contributed by atoms with E-state index >= 15 is 0 Å². The number of anilines is 1. The summed E-state index contributed by atoms with van der Waals surface area (Å²) in [7, 11) is 0. The average Bonchev–Trinajstić information content (AvgIpc) is 2.64. The minimum atomic E-state index is -1.08. The predicted molar refractivity (Wildman–Crippen MR) is 82.4 cm³/mol. The molecule has 0 spiro atoms. The van der Waals surface area contributed by atoms with Crippen molar-refractivity contribution in [3.8, 4) is 0 Å². The van der Waals surface area contributed by atoms with Gasteiger partial charge >= 0.3 is 0 Å². The van der Waals surface area contributed by atoms with Gasteiger partial charge in [-0.3, -0.25) is 4.79 Å². The zero-order valence-electron chi connectivity index (χ0n) is 12.4. The second-order valence-electron chi connectivity index (χ2n) is 6.43. The Kier molecular flexibility index (Phi) is 4.15. The van der Waals surface area contributed by atoms with Gasteiger partial charge in [-0.25, -0.2) is 0 Å². The third-order valence-corrected chi connectivity index (χ3v) is 5.63. The Morgan fingerprint density at radius 2 is 1.81 bits per heavy atom. The van der Waals surface area contributed by atoms with Gasteiger partial charge in [0.1, 0.15) is 0 Å². The molecule has 4 nitrogen and oxygen atoms in total. The molecule has 1 aliphatic rings. The molecule has 1 aliphatic carbocycles. The lowest BCUT2D eigenvalue weighted by atomic mass is 9.65. The SMILES string of the molecule is CC1(C)[C@@H](C(=O)Nc2ccc(Br)cc2)CC[C@@]1(C)C(=O)[O-]. The number of benzene rings is 1. The molecule has 0 radical (unpaired) electrons. The van der Waals surface area contributed by atoms with E-state index in [0.717, 1.165) is 4.47 Å². The maximum Gasteiger partial charge on any atom is 0.228 e. The second kappa shape index (κ2) is 5.44. The van der Waals surface area contributed by atoms with Gasteiger partial charge in [-0.2, -0.15) is 0 Å². The largest absolute Gasteiger partial charge is 0.550 e. The minimum Gasteiger partial charge on any atom is -0.550 e. The van der Waals surface area contributed by atoms with Crippen LogP contribution in [0.25, 0.3) is 0 Å². The van der Waals surface area contributed by atoms with Crippen molar-refractivity contribution in [3.63, 3.8) is 0 Å². The lowest BCUT2D eigenvalue weighted by Crippen LogP contribution is -2.49. The highest BCUT2D eigenvalue weighted by atomic mass is 79.9. The van der Waals surface area contributed by atoms with E-state index in [9.17, 15) is 14.7 Å². The summed E-state index contributed by atoms with van der Waals surface area (Å²) in [5.41, 5.74) is -0.916. The lowest BCUT2D eigenvalue weighted by Gasteiger charge is -2.41. The number of carboxylic acids is 1. The number of amides is 1. The van der Waals surface area contributed by atoms with Crippen molar-refractivity contribution in [1.29, 1.82) is 0 Å². The molecule has 1 fully saturated rings. The summed E-state index contributed by atoms with van der Waals surface area (Å²) in [4.78, 5) is 23.9. The molecular formula is C16H19BrNO3-. The molecule has 1 N–H and O–H groups in total. The van der Waals surface area contributed by atoms with Crippen LogP contribution in [0.15, 0.2) is 28.7 Å². The Labute approximate surface area is 133 Å². The zero-order valence-corrected chi connectivity index (χ0v) is 14.0. The fourth-order valence-corrected chi connectivity index (χ4v) is 3.35. The minimum absolute atomic E-state index is 0.132. The van der Waals surface area contributed by atoms with E-state index in [-0.39, 0.29) is 11.8 Å². The first-order valence-corrected chi connectivity index (χ1v) is 7.75. The van der Waals surface area contributed by atoms with Crippen LogP contribution in [0.3, 0.4) is 0 Å². The third kappa shape index (κ3) is 2.71. The molecule has 1 saturated carbocycles. The summed E-state index contributed by atoms with van der Waals surface area (Å²) in [6.45, 7) is 5.35. The molecule has 1 amide bonds. The van der Waals surface area contributed by atoms with Gasteiger partial charge in [-0.1, -0.05) is 36.7 Å². The Hall–Kier alpha value is -1.36. The number of rotatable bonds is 3. The van der Waals surface area contributed by atoms with Gasteiger partial charge in [0.15, 0.2) is 0 Å². The summed E-state index contributed by atoms with van der Waals surface area (Å²) < 4.78 is 0.936. The highest BCUT2D eigenvalue weighted by Crippen LogP contribution is 2.55. The second-order valence-corrected chi connectivity index (χ2v) is 7.34. The number of halogens is 1. The van der Waals surface area contributed by atoms with E-state index in [1.165, 1.54) is 0 Å². The zero-order chi connectivity index (χ0) is 15.8. The van der Waals surface area contributed by atoms with Crippen molar-refractivity contribution in [3.05, 3.63) is 28.7 Å². The first-order valence-electron chi connectivity index (χ1n) is 6.96.